The molecule has 1 unspecified atom stereocenters. The Labute approximate surface area is 125 Å². The van der Waals surface area contributed by atoms with Crippen LogP contribution in [0.5, 0.6) is 5.75 Å². The molecule has 1 amide bonds. The third kappa shape index (κ3) is 4.74. The molecule has 116 valence electrons. The summed E-state index contributed by atoms with van der Waals surface area (Å²) in [6.45, 7) is 4.69. The Morgan fingerprint density at radius 3 is 2.81 bits per heavy atom. The Kier molecular flexibility index (Phi) is 4.88. The van der Waals surface area contributed by atoms with Gasteiger partial charge < -0.3 is 10.1 Å². The number of sulfone groups is 1. The van der Waals surface area contributed by atoms with E-state index in [-0.39, 0.29) is 23.5 Å². The van der Waals surface area contributed by atoms with Crippen molar-refractivity contribution >= 4 is 15.7 Å². The molecule has 0 radical (unpaired) electrons. The number of benzene rings is 1. The number of rotatable bonds is 5. The van der Waals surface area contributed by atoms with Crippen LogP contribution in [0.2, 0.25) is 0 Å². The molecule has 1 aliphatic rings. The maximum absolute atomic E-state index is 12.1. The van der Waals surface area contributed by atoms with Gasteiger partial charge in [-0.25, -0.2) is 8.42 Å². The first-order valence-corrected chi connectivity index (χ1v) is 8.92. The van der Waals surface area contributed by atoms with Crippen molar-refractivity contribution in [2.24, 2.45) is 5.92 Å². The number of hydrogen-bond acceptors (Lipinski definition) is 4. The standard InChI is InChI=1S/C15H21NO4S/c1-11(2)9-20-14-5-3-4-12(8-14)15(17)16-13-6-7-21(18,19)10-13/h3-5,8,11,13H,6-7,9-10H2,1-2H3,(H,16,17). The molecule has 0 aliphatic carbocycles. The maximum atomic E-state index is 12.1. The van der Waals surface area contributed by atoms with Crippen LogP contribution in [0.25, 0.3) is 0 Å². The molecule has 1 heterocycles. The summed E-state index contributed by atoms with van der Waals surface area (Å²) in [5, 5.41) is 2.77. The normalized spacial score (nSPS) is 20.4. The van der Waals surface area contributed by atoms with Crippen molar-refractivity contribution in [1.29, 1.82) is 0 Å². The van der Waals surface area contributed by atoms with Crippen molar-refractivity contribution < 1.29 is 17.9 Å². The van der Waals surface area contributed by atoms with E-state index < -0.39 is 9.84 Å². The molecule has 0 bridgehead atoms. The second-order valence-corrected chi connectivity index (χ2v) is 8.03. The molecule has 1 aromatic carbocycles. The quantitative estimate of drug-likeness (QED) is 0.897. The zero-order chi connectivity index (χ0) is 15.5. The third-order valence-electron chi connectivity index (χ3n) is 3.25. The third-order valence-corrected chi connectivity index (χ3v) is 5.02. The molecule has 0 spiro atoms. The fourth-order valence-electron chi connectivity index (χ4n) is 2.17. The topological polar surface area (TPSA) is 72.5 Å². The average molecular weight is 311 g/mol. The smallest absolute Gasteiger partial charge is 0.251 e. The summed E-state index contributed by atoms with van der Waals surface area (Å²) >= 11 is 0. The second kappa shape index (κ2) is 6.47. The van der Waals surface area contributed by atoms with Gasteiger partial charge in [-0.2, -0.15) is 0 Å². The fraction of sp³-hybridized carbons (Fsp3) is 0.533. The minimum Gasteiger partial charge on any atom is -0.493 e. The van der Waals surface area contributed by atoms with Crippen LogP contribution in [0.15, 0.2) is 24.3 Å². The zero-order valence-electron chi connectivity index (χ0n) is 12.3. The summed E-state index contributed by atoms with van der Waals surface area (Å²) in [6, 6.07) is 6.65. The first-order chi connectivity index (χ1) is 9.85. The van der Waals surface area contributed by atoms with Crippen LogP contribution in [0.3, 0.4) is 0 Å². The molecular formula is C15H21NO4S. The average Bonchev–Trinajstić information content (AvgIpc) is 2.76. The summed E-state index contributed by atoms with van der Waals surface area (Å²) in [5.74, 6) is 0.978. The lowest BCUT2D eigenvalue weighted by Crippen LogP contribution is -2.35. The Balaban J connectivity index is 1.98. The molecular weight excluding hydrogens is 290 g/mol. The zero-order valence-corrected chi connectivity index (χ0v) is 13.2. The van der Waals surface area contributed by atoms with Gasteiger partial charge in [0.2, 0.25) is 0 Å². The summed E-state index contributed by atoms with van der Waals surface area (Å²) in [6.07, 6.45) is 0.484. The van der Waals surface area contributed by atoms with Crippen LogP contribution < -0.4 is 10.1 Å². The number of hydrogen-bond donors (Lipinski definition) is 1. The minimum absolute atomic E-state index is 0.0300. The van der Waals surface area contributed by atoms with Gasteiger partial charge in [-0.3, -0.25) is 4.79 Å². The molecule has 1 aromatic rings. The summed E-state index contributed by atoms with van der Waals surface area (Å²) < 4.78 is 28.4. The molecule has 1 fully saturated rings. The Bertz CT molecular complexity index is 610. The van der Waals surface area contributed by atoms with Gasteiger partial charge in [0.05, 0.1) is 18.1 Å². The number of carbonyl (C=O) groups excluding carboxylic acids is 1. The molecule has 5 nitrogen and oxygen atoms in total. The summed E-state index contributed by atoms with van der Waals surface area (Å²) in [4.78, 5) is 12.1. The molecule has 2 rings (SSSR count). The van der Waals surface area contributed by atoms with Crippen molar-refractivity contribution in [3.8, 4) is 5.75 Å². The van der Waals surface area contributed by atoms with Crippen LogP contribution in [0.4, 0.5) is 0 Å². The van der Waals surface area contributed by atoms with Crippen molar-refractivity contribution in [2.45, 2.75) is 26.3 Å². The van der Waals surface area contributed by atoms with E-state index in [4.69, 9.17) is 4.74 Å². The highest BCUT2D eigenvalue weighted by molar-refractivity contribution is 7.91. The van der Waals surface area contributed by atoms with E-state index in [2.05, 4.69) is 19.2 Å². The molecule has 0 aromatic heterocycles. The SMILES string of the molecule is CC(C)COc1cccc(C(=O)NC2CCS(=O)(=O)C2)c1. The number of ether oxygens (including phenoxy) is 1. The maximum Gasteiger partial charge on any atom is 0.251 e. The van der Waals surface area contributed by atoms with E-state index in [1.54, 1.807) is 24.3 Å². The van der Waals surface area contributed by atoms with Gasteiger partial charge in [0, 0.05) is 11.6 Å². The van der Waals surface area contributed by atoms with Crippen molar-refractivity contribution in [2.75, 3.05) is 18.1 Å². The molecule has 0 saturated carbocycles. The summed E-state index contributed by atoms with van der Waals surface area (Å²) in [5.41, 5.74) is 0.487. The van der Waals surface area contributed by atoms with Crippen LogP contribution >= 0.6 is 0 Å². The van der Waals surface area contributed by atoms with Crippen LogP contribution in [-0.2, 0) is 9.84 Å². The van der Waals surface area contributed by atoms with Crippen LogP contribution in [-0.4, -0.2) is 38.5 Å². The van der Waals surface area contributed by atoms with E-state index in [9.17, 15) is 13.2 Å². The first kappa shape index (κ1) is 15.8. The van der Waals surface area contributed by atoms with Gasteiger partial charge >= 0.3 is 0 Å². The largest absolute Gasteiger partial charge is 0.493 e. The highest BCUT2D eigenvalue weighted by atomic mass is 32.2. The first-order valence-electron chi connectivity index (χ1n) is 7.10. The Morgan fingerprint density at radius 2 is 2.19 bits per heavy atom. The predicted molar refractivity (Wildman–Crippen MR) is 81.3 cm³/mol. The molecule has 6 heteroatoms. The van der Waals surface area contributed by atoms with Gasteiger partial charge in [0.1, 0.15) is 5.75 Å². The van der Waals surface area contributed by atoms with Crippen molar-refractivity contribution in [3.63, 3.8) is 0 Å². The van der Waals surface area contributed by atoms with Gasteiger partial charge in [0.15, 0.2) is 9.84 Å². The van der Waals surface area contributed by atoms with Crippen molar-refractivity contribution in [1.82, 2.24) is 5.32 Å². The van der Waals surface area contributed by atoms with Gasteiger partial charge in [-0.15, -0.1) is 0 Å². The lowest BCUT2D eigenvalue weighted by Gasteiger charge is -2.12. The van der Waals surface area contributed by atoms with Crippen LogP contribution in [0.1, 0.15) is 30.6 Å². The molecule has 1 atom stereocenters. The van der Waals surface area contributed by atoms with Crippen LogP contribution in [0, 0.1) is 5.92 Å². The van der Waals surface area contributed by atoms with Crippen molar-refractivity contribution in [3.05, 3.63) is 29.8 Å². The highest BCUT2D eigenvalue weighted by Gasteiger charge is 2.29. The molecule has 1 aliphatic heterocycles. The number of amides is 1. The minimum atomic E-state index is -2.99. The summed E-state index contributed by atoms with van der Waals surface area (Å²) in [7, 11) is -2.99. The lowest BCUT2D eigenvalue weighted by atomic mass is 10.1. The highest BCUT2D eigenvalue weighted by Crippen LogP contribution is 2.16. The van der Waals surface area contributed by atoms with Gasteiger partial charge in [-0.1, -0.05) is 19.9 Å². The Morgan fingerprint density at radius 1 is 1.43 bits per heavy atom. The number of carbonyl (C=O) groups is 1. The van der Waals surface area contributed by atoms with E-state index in [1.807, 2.05) is 0 Å². The van der Waals surface area contributed by atoms with E-state index in [1.165, 1.54) is 0 Å². The van der Waals surface area contributed by atoms with E-state index >= 15 is 0 Å². The molecule has 21 heavy (non-hydrogen) atoms. The van der Waals surface area contributed by atoms with Gasteiger partial charge in [0.25, 0.3) is 5.91 Å². The van der Waals surface area contributed by atoms with Gasteiger partial charge in [-0.05, 0) is 30.5 Å². The predicted octanol–water partition coefficient (Wildman–Crippen LogP) is 1.64. The second-order valence-electron chi connectivity index (χ2n) is 5.81. The number of nitrogens with one attached hydrogen (secondary N) is 1. The van der Waals surface area contributed by atoms with E-state index in [0.717, 1.165) is 0 Å². The molecule has 1 N–H and O–H groups in total. The molecule has 1 saturated heterocycles. The van der Waals surface area contributed by atoms with E-state index in [0.29, 0.717) is 30.3 Å². The Hall–Kier alpha value is -1.56. The lowest BCUT2D eigenvalue weighted by molar-refractivity contribution is 0.0940. The monoisotopic (exact) mass is 311 g/mol. The fourth-order valence-corrected chi connectivity index (χ4v) is 3.84.